The number of nitrogens with one attached hydrogen (secondary N) is 1. The molecule has 0 spiro atoms. The first-order chi connectivity index (χ1) is 9.25. The fourth-order valence-electron chi connectivity index (χ4n) is 2.20. The minimum absolute atomic E-state index is 0. The fraction of sp³-hybridized carbons (Fsp3) is 0.385. The highest BCUT2D eigenvalue weighted by Crippen LogP contribution is 2.21. The fourth-order valence-corrected chi connectivity index (χ4v) is 2.20. The van der Waals surface area contributed by atoms with Crippen molar-refractivity contribution in [3.05, 3.63) is 30.2 Å². The Labute approximate surface area is 122 Å². The first-order valence-corrected chi connectivity index (χ1v) is 6.28. The summed E-state index contributed by atoms with van der Waals surface area (Å²) in [6, 6.07) is 5.31. The van der Waals surface area contributed by atoms with Gasteiger partial charge < -0.3 is 19.2 Å². The van der Waals surface area contributed by atoms with E-state index in [1.54, 1.807) is 29.4 Å². The first kappa shape index (κ1) is 14.6. The third-order valence-corrected chi connectivity index (χ3v) is 3.26. The molecule has 0 aromatic carbocycles. The number of halogens is 1. The highest BCUT2D eigenvalue weighted by atomic mass is 35.5. The normalized spacial score (nSPS) is 18.6. The third-order valence-electron chi connectivity index (χ3n) is 3.26. The Morgan fingerprint density at radius 1 is 1.50 bits per heavy atom. The molecule has 7 heteroatoms. The molecule has 108 valence electrons. The summed E-state index contributed by atoms with van der Waals surface area (Å²) in [6.45, 7) is 4.30. The summed E-state index contributed by atoms with van der Waals surface area (Å²) in [5.41, 5.74) is 0.320. The van der Waals surface area contributed by atoms with Crippen LogP contribution in [0.2, 0.25) is 0 Å². The van der Waals surface area contributed by atoms with Crippen molar-refractivity contribution < 1.29 is 13.7 Å². The van der Waals surface area contributed by atoms with E-state index in [0.29, 0.717) is 23.8 Å². The summed E-state index contributed by atoms with van der Waals surface area (Å²) in [5, 5.41) is 7.08. The molecule has 0 saturated carbocycles. The van der Waals surface area contributed by atoms with Crippen LogP contribution in [0.15, 0.2) is 33.4 Å². The van der Waals surface area contributed by atoms with Gasteiger partial charge in [0.05, 0.1) is 6.26 Å². The van der Waals surface area contributed by atoms with Crippen LogP contribution in [0.1, 0.15) is 17.4 Å². The van der Waals surface area contributed by atoms with Crippen molar-refractivity contribution in [1.82, 2.24) is 15.4 Å². The lowest BCUT2D eigenvalue weighted by Gasteiger charge is -2.33. The summed E-state index contributed by atoms with van der Waals surface area (Å²) in [6.07, 6.45) is 1.55. The predicted molar refractivity (Wildman–Crippen MR) is 74.8 cm³/mol. The number of hydrogen-bond donors (Lipinski definition) is 1. The molecule has 0 aliphatic carbocycles. The topological polar surface area (TPSA) is 71.5 Å². The highest BCUT2D eigenvalue weighted by Gasteiger charge is 2.26. The van der Waals surface area contributed by atoms with E-state index in [-0.39, 0.29) is 24.4 Å². The van der Waals surface area contributed by atoms with E-state index in [1.165, 1.54) is 0 Å². The largest absolute Gasteiger partial charge is 0.461 e. The predicted octanol–water partition coefficient (Wildman–Crippen LogP) is 1.79. The van der Waals surface area contributed by atoms with Gasteiger partial charge in [0.25, 0.3) is 5.91 Å². The highest BCUT2D eigenvalue weighted by molar-refractivity contribution is 5.93. The number of amides is 1. The molecule has 0 radical (unpaired) electrons. The van der Waals surface area contributed by atoms with E-state index in [2.05, 4.69) is 10.5 Å². The Bertz CT molecular complexity index is 567. The number of carbonyl (C=O) groups excluding carboxylic acids is 1. The quantitative estimate of drug-likeness (QED) is 0.915. The molecule has 1 saturated heterocycles. The Morgan fingerprint density at radius 2 is 2.35 bits per heavy atom. The second-order valence-corrected chi connectivity index (χ2v) is 4.61. The number of nitrogens with zero attached hydrogens (tertiary/aromatic N) is 2. The van der Waals surface area contributed by atoms with Crippen LogP contribution in [-0.2, 0) is 0 Å². The number of carbonyl (C=O) groups is 1. The monoisotopic (exact) mass is 297 g/mol. The standard InChI is InChI=1S/C13H15N3O3.ClH/c1-9-8-14-4-5-16(9)13(17)10-7-12(19-15-10)11-3-2-6-18-11;/h2-3,6-7,9,14H,4-5,8H2,1H3;1H/t9-;/m1./s1. The van der Waals surface area contributed by atoms with Crippen molar-refractivity contribution in [3.63, 3.8) is 0 Å². The second-order valence-electron chi connectivity index (χ2n) is 4.61. The Hall–Kier alpha value is -1.79. The average Bonchev–Trinajstić information content (AvgIpc) is 3.09. The molecule has 3 heterocycles. The van der Waals surface area contributed by atoms with E-state index < -0.39 is 0 Å². The van der Waals surface area contributed by atoms with Gasteiger partial charge in [0.1, 0.15) is 0 Å². The van der Waals surface area contributed by atoms with Crippen LogP contribution >= 0.6 is 12.4 Å². The number of hydrogen-bond acceptors (Lipinski definition) is 5. The number of piperazine rings is 1. The maximum absolute atomic E-state index is 12.3. The van der Waals surface area contributed by atoms with Gasteiger partial charge >= 0.3 is 0 Å². The van der Waals surface area contributed by atoms with Crippen LogP contribution in [0.5, 0.6) is 0 Å². The molecule has 3 rings (SSSR count). The minimum Gasteiger partial charge on any atom is -0.461 e. The third kappa shape index (κ3) is 2.71. The SMILES string of the molecule is C[C@@H]1CNCCN1C(=O)c1cc(-c2ccco2)on1.Cl. The van der Waals surface area contributed by atoms with Gasteiger partial charge in [0.2, 0.25) is 5.76 Å². The van der Waals surface area contributed by atoms with Crippen LogP contribution in [0.3, 0.4) is 0 Å². The van der Waals surface area contributed by atoms with Crippen molar-refractivity contribution >= 4 is 18.3 Å². The summed E-state index contributed by atoms with van der Waals surface area (Å²) < 4.78 is 10.4. The lowest BCUT2D eigenvalue weighted by atomic mass is 10.2. The minimum atomic E-state index is -0.101. The van der Waals surface area contributed by atoms with Gasteiger partial charge in [0.15, 0.2) is 11.5 Å². The van der Waals surface area contributed by atoms with Crippen LogP contribution in [0.4, 0.5) is 0 Å². The van der Waals surface area contributed by atoms with Gasteiger partial charge in [-0.05, 0) is 19.1 Å². The Balaban J connectivity index is 0.00000147. The van der Waals surface area contributed by atoms with Gasteiger partial charge in [-0.15, -0.1) is 12.4 Å². The maximum atomic E-state index is 12.3. The maximum Gasteiger partial charge on any atom is 0.276 e. The molecule has 1 amide bonds. The molecule has 2 aromatic rings. The summed E-state index contributed by atoms with van der Waals surface area (Å²) in [7, 11) is 0. The Kier molecular flexibility index (Phi) is 4.46. The molecule has 1 atom stereocenters. The summed E-state index contributed by atoms with van der Waals surface area (Å²) in [5.74, 6) is 0.937. The molecule has 1 aliphatic heterocycles. The van der Waals surface area contributed by atoms with Crippen molar-refractivity contribution in [2.75, 3.05) is 19.6 Å². The van der Waals surface area contributed by atoms with Gasteiger partial charge in [-0.3, -0.25) is 4.79 Å². The van der Waals surface area contributed by atoms with Crippen LogP contribution in [0.25, 0.3) is 11.5 Å². The zero-order valence-corrected chi connectivity index (χ0v) is 11.9. The summed E-state index contributed by atoms with van der Waals surface area (Å²) in [4.78, 5) is 14.1. The smallest absolute Gasteiger partial charge is 0.276 e. The van der Waals surface area contributed by atoms with E-state index in [9.17, 15) is 4.79 Å². The molecule has 1 fully saturated rings. The molecule has 6 nitrogen and oxygen atoms in total. The van der Waals surface area contributed by atoms with Crippen molar-refractivity contribution in [2.45, 2.75) is 13.0 Å². The molecule has 1 aliphatic rings. The van der Waals surface area contributed by atoms with E-state index in [0.717, 1.165) is 13.1 Å². The van der Waals surface area contributed by atoms with Crippen LogP contribution in [-0.4, -0.2) is 41.6 Å². The molecule has 0 unspecified atom stereocenters. The van der Waals surface area contributed by atoms with E-state index in [1.807, 2.05) is 6.92 Å². The summed E-state index contributed by atoms with van der Waals surface area (Å²) >= 11 is 0. The molecule has 1 N–H and O–H groups in total. The van der Waals surface area contributed by atoms with Gasteiger partial charge in [-0.1, -0.05) is 5.16 Å². The lowest BCUT2D eigenvalue weighted by molar-refractivity contribution is 0.0645. The molecule has 20 heavy (non-hydrogen) atoms. The first-order valence-electron chi connectivity index (χ1n) is 6.28. The van der Waals surface area contributed by atoms with Gasteiger partial charge in [0, 0.05) is 31.7 Å². The molecular weight excluding hydrogens is 282 g/mol. The van der Waals surface area contributed by atoms with Crippen molar-refractivity contribution in [2.24, 2.45) is 0 Å². The zero-order chi connectivity index (χ0) is 13.2. The second kappa shape index (κ2) is 6.11. The van der Waals surface area contributed by atoms with Crippen LogP contribution in [0, 0.1) is 0 Å². The number of rotatable bonds is 2. The molecule has 0 bridgehead atoms. The van der Waals surface area contributed by atoms with Crippen LogP contribution < -0.4 is 5.32 Å². The number of furan rings is 1. The molecule has 2 aromatic heterocycles. The van der Waals surface area contributed by atoms with Crippen molar-refractivity contribution in [1.29, 1.82) is 0 Å². The number of aromatic nitrogens is 1. The van der Waals surface area contributed by atoms with Gasteiger partial charge in [-0.25, -0.2) is 0 Å². The lowest BCUT2D eigenvalue weighted by Crippen LogP contribution is -2.52. The van der Waals surface area contributed by atoms with Gasteiger partial charge in [-0.2, -0.15) is 0 Å². The zero-order valence-electron chi connectivity index (χ0n) is 11.0. The molecular formula is C13H16ClN3O3. The van der Waals surface area contributed by atoms with E-state index in [4.69, 9.17) is 8.94 Å². The van der Waals surface area contributed by atoms with Crippen molar-refractivity contribution in [3.8, 4) is 11.5 Å². The Morgan fingerprint density at radius 3 is 3.05 bits per heavy atom. The average molecular weight is 298 g/mol. The van der Waals surface area contributed by atoms with E-state index >= 15 is 0 Å².